The van der Waals surface area contributed by atoms with E-state index in [-0.39, 0.29) is 18.4 Å². The summed E-state index contributed by atoms with van der Waals surface area (Å²) in [5.74, 6) is 1.56. The van der Waals surface area contributed by atoms with Crippen LogP contribution in [0.15, 0.2) is 48.5 Å². The van der Waals surface area contributed by atoms with Gasteiger partial charge >= 0.3 is 0 Å². The number of carbonyl (C=O) groups is 1. The SMILES string of the molecule is O=C(COc1ccc(Cl)cc1)NC[C@@H]1COc2ccccc21. The van der Waals surface area contributed by atoms with Crippen LogP contribution in [0.2, 0.25) is 5.02 Å². The Labute approximate surface area is 134 Å². The highest BCUT2D eigenvalue weighted by atomic mass is 35.5. The molecule has 0 saturated heterocycles. The third kappa shape index (κ3) is 3.52. The zero-order valence-electron chi connectivity index (χ0n) is 11.9. The Morgan fingerprint density at radius 3 is 2.82 bits per heavy atom. The standard InChI is InChI=1S/C17H16ClNO3/c18-13-5-7-14(8-6-13)21-11-17(20)19-9-12-10-22-16-4-2-1-3-15(12)16/h1-8,12H,9-11H2,(H,19,20)/t12-/m1/s1. The molecule has 1 heterocycles. The monoisotopic (exact) mass is 317 g/mol. The molecule has 3 rings (SSSR count). The van der Waals surface area contributed by atoms with Crippen molar-refractivity contribution in [3.05, 3.63) is 59.1 Å². The Bertz CT molecular complexity index is 657. The minimum absolute atomic E-state index is 0.0170. The fraction of sp³-hybridized carbons (Fsp3) is 0.235. The van der Waals surface area contributed by atoms with Gasteiger partial charge in [-0.05, 0) is 30.3 Å². The van der Waals surface area contributed by atoms with Gasteiger partial charge in [-0.3, -0.25) is 4.79 Å². The van der Waals surface area contributed by atoms with Crippen LogP contribution < -0.4 is 14.8 Å². The average Bonchev–Trinajstić information content (AvgIpc) is 2.96. The van der Waals surface area contributed by atoms with Crippen molar-refractivity contribution in [3.63, 3.8) is 0 Å². The molecule has 2 aromatic carbocycles. The van der Waals surface area contributed by atoms with Gasteiger partial charge in [-0.2, -0.15) is 0 Å². The number of ether oxygens (including phenoxy) is 2. The summed E-state index contributed by atoms with van der Waals surface area (Å²) < 4.78 is 11.0. The number of halogens is 1. The summed E-state index contributed by atoms with van der Waals surface area (Å²) in [6.07, 6.45) is 0. The van der Waals surface area contributed by atoms with Gasteiger partial charge in [0.25, 0.3) is 5.91 Å². The minimum Gasteiger partial charge on any atom is -0.493 e. The van der Waals surface area contributed by atoms with Crippen LogP contribution in [0.4, 0.5) is 0 Å². The first-order chi connectivity index (χ1) is 10.7. The Balaban J connectivity index is 1.46. The molecule has 1 aliphatic rings. The van der Waals surface area contributed by atoms with E-state index in [4.69, 9.17) is 21.1 Å². The lowest BCUT2D eigenvalue weighted by molar-refractivity contribution is -0.123. The van der Waals surface area contributed by atoms with E-state index in [2.05, 4.69) is 5.32 Å². The van der Waals surface area contributed by atoms with Gasteiger partial charge in [-0.15, -0.1) is 0 Å². The molecule has 1 aliphatic heterocycles. The van der Waals surface area contributed by atoms with Crippen LogP contribution in [0, 0.1) is 0 Å². The van der Waals surface area contributed by atoms with Crippen molar-refractivity contribution in [2.45, 2.75) is 5.92 Å². The van der Waals surface area contributed by atoms with E-state index in [1.807, 2.05) is 24.3 Å². The number of benzene rings is 2. The Hall–Kier alpha value is -2.20. The number of fused-ring (bicyclic) bond motifs is 1. The van der Waals surface area contributed by atoms with Gasteiger partial charge in [-0.1, -0.05) is 29.8 Å². The van der Waals surface area contributed by atoms with E-state index in [0.29, 0.717) is 23.9 Å². The van der Waals surface area contributed by atoms with E-state index < -0.39 is 0 Å². The van der Waals surface area contributed by atoms with Crippen LogP contribution in [-0.4, -0.2) is 25.7 Å². The van der Waals surface area contributed by atoms with Crippen molar-refractivity contribution in [1.82, 2.24) is 5.32 Å². The maximum atomic E-state index is 11.8. The molecule has 0 spiro atoms. The molecule has 1 atom stereocenters. The number of rotatable bonds is 5. The summed E-state index contributed by atoms with van der Waals surface area (Å²) in [6, 6.07) is 14.8. The fourth-order valence-electron chi connectivity index (χ4n) is 2.37. The third-order valence-corrected chi connectivity index (χ3v) is 3.78. The molecule has 1 amide bonds. The molecule has 4 nitrogen and oxygen atoms in total. The highest BCUT2D eigenvalue weighted by Gasteiger charge is 2.23. The molecular formula is C17H16ClNO3. The highest BCUT2D eigenvalue weighted by Crippen LogP contribution is 2.32. The second kappa shape index (κ2) is 6.71. The minimum atomic E-state index is -0.153. The smallest absolute Gasteiger partial charge is 0.257 e. The number of amides is 1. The first kappa shape index (κ1) is 14.7. The fourth-order valence-corrected chi connectivity index (χ4v) is 2.49. The van der Waals surface area contributed by atoms with E-state index in [1.54, 1.807) is 24.3 Å². The number of carbonyl (C=O) groups excluding carboxylic acids is 1. The molecule has 114 valence electrons. The van der Waals surface area contributed by atoms with Crippen molar-refractivity contribution in [1.29, 1.82) is 0 Å². The summed E-state index contributed by atoms with van der Waals surface area (Å²) in [7, 11) is 0. The highest BCUT2D eigenvalue weighted by molar-refractivity contribution is 6.30. The summed E-state index contributed by atoms with van der Waals surface area (Å²) in [6.45, 7) is 1.12. The molecule has 5 heteroatoms. The topological polar surface area (TPSA) is 47.6 Å². The van der Waals surface area contributed by atoms with E-state index in [0.717, 1.165) is 11.3 Å². The molecule has 0 saturated carbocycles. The van der Waals surface area contributed by atoms with Crippen molar-refractivity contribution in [2.75, 3.05) is 19.8 Å². The van der Waals surface area contributed by atoms with Crippen LogP contribution in [0.25, 0.3) is 0 Å². The molecule has 22 heavy (non-hydrogen) atoms. The van der Waals surface area contributed by atoms with Crippen LogP contribution in [0.5, 0.6) is 11.5 Å². The Kier molecular flexibility index (Phi) is 4.49. The predicted octanol–water partition coefficient (Wildman–Crippen LogP) is 3.01. The lowest BCUT2D eigenvalue weighted by Gasteiger charge is -2.11. The van der Waals surface area contributed by atoms with Gasteiger partial charge < -0.3 is 14.8 Å². The van der Waals surface area contributed by atoms with Gasteiger partial charge in [-0.25, -0.2) is 0 Å². The first-order valence-electron chi connectivity index (χ1n) is 7.09. The Morgan fingerprint density at radius 1 is 1.23 bits per heavy atom. The van der Waals surface area contributed by atoms with Gasteiger partial charge in [0.2, 0.25) is 0 Å². The zero-order valence-corrected chi connectivity index (χ0v) is 12.7. The lowest BCUT2D eigenvalue weighted by atomic mass is 10.0. The molecule has 1 N–H and O–H groups in total. The van der Waals surface area contributed by atoms with Crippen molar-refractivity contribution >= 4 is 17.5 Å². The van der Waals surface area contributed by atoms with Gasteiger partial charge in [0.1, 0.15) is 11.5 Å². The van der Waals surface area contributed by atoms with Crippen LogP contribution >= 0.6 is 11.6 Å². The number of nitrogens with one attached hydrogen (secondary N) is 1. The van der Waals surface area contributed by atoms with Crippen molar-refractivity contribution in [2.24, 2.45) is 0 Å². The molecule has 0 bridgehead atoms. The molecule has 2 aromatic rings. The first-order valence-corrected chi connectivity index (χ1v) is 7.47. The number of hydrogen-bond acceptors (Lipinski definition) is 3. The molecule has 0 radical (unpaired) electrons. The molecule has 0 aromatic heterocycles. The number of hydrogen-bond donors (Lipinski definition) is 1. The second-order valence-corrected chi connectivity index (χ2v) is 5.53. The zero-order chi connectivity index (χ0) is 15.4. The van der Waals surface area contributed by atoms with Gasteiger partial charge in [0, 0.05) is 23.0 Å². The van der Waals surface area contributed by atoms with Crippen molar-refractivity contribution in [3.8, 4) is 11.5 Å². The third-order valence-electron chi connectivity index (χ3n) is 3.53. The Morgan fingerprint density at radius 2 is 2.00 bits per heavy atom. The van der Waals surface area contributed by atoms with Crippen LogP contribution in [0.1, 0.15) is 11.5 Å². The molecule has 0 unspecified atom stereocenters. The van der Waals surface area contributed by atoms with Crippen LogP contribution in [-0.2, 0) is 4.79 Å². The normalized spacial score (nSPS) is 15.8. The van der Waals surface area contributed by atoms with Crippen molar-refractivity contribution < 1.29 is 14.3 Å². The largest absolute Gasteiger partial charge is 0.493 e. The average molecular weight is 318 g/mol. The second-order valence-electron chi connectivity index (χ2n) is 5.09. The van der Waals surface area contributed by atoms with E-state index in [1.165, 1.54) is 0 Å². The predicted molar refractivity (Wildman–Crippen MR) is 84.6 cm³/mol. The van der Waals surface area contributed by atoms with E-state index in [9.17, 15) is 4.79 Å². The molecule has 0 aliphatic carbocycles. The number of para-hydroxylation sites is 1. The van der Waals surface area contributed by atoms with E-state index >= 15 is 0 Å². The summed E-state index contributed by atoms with van der Waals surface area (Å²) in [5.41, 5.74) is 1.14. The summed E-state index contributed by atoms with van der Waals surface area (Å²) in [4.78, 5) is 11.8. The lowest BCUT2D eigenvalue weighted by Crippen LogP contribution is -2.32. The van der Waals surface area contributed by atoms with Crippen LogP contribution in [0.3, 0.4) is 0 Å². The summed E-state index contributed by atoms with van der Waals surface area (Å²) in [5, 5.41) is 3.51. The molecular weight excluding hydrogens is 302 g/mol. The maximum Gasteiger partial charge on any atom is 0.257 e. The quantitative estimate of drug-likeness (QED) is 0.922. The van der Waals surface area contributed by atoms with Gasteiger partial charge in [0.05, 0.1) is 6.61 Å². The summed E-state index contributed by atoms with van der Waals surface area (Å²) >= 11 is 5.79. The maximum absolute atomic E-state index is 11.8. The van der Waals surface area contributed by atoms with Gasteiger partial charge in [0.15, 0.2) is 6.61 Å². The molecule has 0 fully saturated rings.